The Hall–Kier alpha value is -1.62. The topological polar surface area (TPSA) is 72.8 Å². The zero-order valence-corrected chi connectivity index (χ0v) is 17.6. The summed E-state index contributed by atoms with van der Waals surface area (Å²) >= 11 is 1.70. The molecule has 0 saturated carbocycles. The molecule has 0 fully saturated rings. The number of halogens is 2. The number of aromatic hydroxyl groups is 1. The van der Waals surface area contributed by atoms with Gasteiger partial charge in [0.2, 0.25) is 0 Å². The summed E-state index contributed by atoms with van der Waals surface area (Å²) in [5.74, 6) is -0.369. The standard InChI is InChI=1S/C18H15I2O5/c1-11(20-19)18(23)25-15-7-8-17(22)16(9-15)14-5-3-13(4-6-14)10-24-12(2)21/h3-9,22H,1,10H2,2H3/q-1. The molecule has 0 radical (unpaired) electrons. The molecule has 0 bridgehead atoms. The fraction of sp³-hybridized carbons (Fsp3) is 0.111. The van der Waals surface area contributed by atoms with Gasteiger partial charge in [-0.15, -0.1) is 0 Å². The van der Waals surface area contributed by atoms with Gasteiger partial charge < -0.3 is 0 Å². The molecule has 2 aromatic carbocycles. The van der Waals surface area contributed by atoms with Crippen molar-refractivity contribution in [1.29, 1.82) is 0 Å². The fourth-order valence-corrected chi connectivity index (χ4v) is 3.36. The molecule has 2 rings (SSSR count). The molecule has 0 aliphatic rings. The summed E-state index contributed by atoms with van der Waals surface area (Å²) in [4.78, 5) is 22.7. The van der Waals surface area contributed by atoms with Crippen LogP contribution in [-0.4, -0.2) is 17.0 Å². The molecule has 5 nitrogen and oxygen atoms in total. The number of ether oxygens (including phenoxy) is 2. The van der Waals surface area contributed by atoms with Crippen molar-refractivity contribution in [2.75, 3.05) is 0 Å². The Kier molecular flexibility index (Phi) is 7.24. The number of phenolic OH excluding ortho intramolecular Hbond substituents is 1. The van der Waals surface area contributed by atoms with Gasteiger partial charge in [-0.25, -0.2) is 0 Å². The maximum absolute atomic E-state index is 11.8. The van der Waals surface area contributed by atoms with Crippen molar-refractivity contribution in [2.45, 2.75) is 13.5 Å². The van der Waals surface area contributed by atoms with E-state index in [4.69, 9.17) is 9.47 Å². The van der Waals surface area contributed by atoms with Crippen molar-refractivity contribution in [2.24, 2.45) is 0 Å². The van der Waals surface area contributed by atoms with Crippen LogP contribution < -0.4 is 22.0 Å². The van der Waals surface area contributed by atoms with Crippen molar-refractivity contribution in [3.8, 4) is 22.6 Å². The molecule has 0 atom stereocenters. The van der Waals surface area contributed by atoms with Gasteiger partial charge in [0.1, 0.15) is 0 Å². The summed E-state index contributed by atoms with van der Waals surface area (Å²) in [5, 5.41) is 10.1. The fourth-order valence-electron chi connectivity index (χ4n) is 1.97. The first-order valence-corrected chi connectivity index (χ1v) is 14.5. The van der Waals surface area contributed by atoms with E-state index >= 15 is 0 Å². The molecule has 0 unspecified atom stereocenters. The van der Waals surface area contributed by atoms with Crippen molar-refractivity contribution >= 4 is 30.6 Å². The van der Waals surface area contributed by atoms with Crippen LogP contribution >= 0.6 is 18.6 Å². The Morgan fingerprint density at radius 2 is 1.88 bits per heavy atom. The van der Waals surface area contributed by atoms with Crippen LogP contribution in [0.15, 0.2) is 52.6 Å². The van der Waals surface area contributed by atoms with Gasteiger partial charge in [-0.05, 0) is 0 Å². The van der Waals surface area contributed by atoms with Gasteiger partial charge in [-0.2, -0.15) is 0 Å². The number of carbonyl (C=O) groups excluding carboxylic acids is 2. The molecule has 25 heavy (non-hydrogen) atoms. The van der Waals surface area contributed by atoms with Crippen molar-refractivity contribution < 1.29 is 41.4 Å². The molecule has 132 valence electrons. The molecule has 0 aliphatic carbocycles. The summed E-state index contributed by atoms with van der Waals surface area (Å²) in [5.41, 5.74) is 2.13. The van der Waals surface area contributed by atoms with E-state index in [0.29, 0.717) is 14.9 Å². The van der Waals surface area contributed by atoms with Crippen LogP contribution in [0.3, 0.4) is 0 Å². The SMILES string of the molecule is C=C([I-]I)C(=O)Oc1ccc(O)c(-c2ccc(COC(C)=O)cc2)c1. The Morgan fingerprint density at radius 1 is 1.20 bits per heavy atom. The zero-order chi connectivity index (χ0) is 18.4. The van der Waals surface area contributed by atoms with Crippen molar-refractivity contribution in [1.82, 2.24) is 0 Å². The second kappa shape index (κ2) is 9.18. The third-order valence-electron chi connectivity index (χ3n) is 3.19. The Bertz CT molecular complexity index is 800. The Labute approximate surface area is 165 Å². The van der Waals surface area contributed by atoms with Gasteiger partial charge in [0, 0.05) is 6.92 Å². The van der Waals surface area contributed by atoms with Gasteiger partial charge >= 0.3 is 155 Å². The number of esters is 2. The summed E-state index contributed by atoms with van der Waals surface area (Å²) in [6.45, 7) is 5.24. The summed E-state index contributed by atoms with van der Waals surface area (Å²) in [7, 11) is 0. The van der Waals surface area contributed by atoms with E-state index < -0.39 is 23.2 Å². The Morgan fingerprint density at radius 3 is 2.48 bits per heavy atom. The first-order valence-electron chi connectivity index (χ1n) is 7.13. The number of benzene rings is 2. The van der Waals surface area contributed by atoms with Crippen LogP contribution in [0.1, 0.15) is 12.5 Å². The van der Waals surface area contributed by atoms with Gasteiger partial charge in [0.25, 0.3) is 0 Å². The zero-order valence-electron chi connectivity index (χ0n) is 13.3. The summed E-state index contributed by atoms with van der Waals surface area (Å²) < 4.78 is 10.7. The molecule has 0 heterocycles. The minimum absolute atomic E-state index is 0.0766. The average molecular weight is 565 g/mol. The van der Waals surface area contributed by atoms with Crippen LogP contribution in [0.2, 0.25) is 0 Å². The molecule has 0 saturated heterocycles. The second-order valence-corrected chi connectivity index (χ2v) is 9.47. The predicted molar refractivity (Wildman–Crippen MR) is 97.8 cm³/mol. The van der Waals surface area contributed by atoms with Gasteiger partial charge in [-0.1, -0.05) is 0 Å². The summed E-state index contributed by atoms with van der Waals surface area (Å²) in [6, 6.07) is 11.8. The van der Waals surface area contributed by atoms with Crippen molar-refractivity contribution in [3.63, 3.8) is 0 Å². The summed E-state index contributed by atoms with van der Waals surface area (Å²) in [6.07, 6.45) is 0. The van der Waals surface area contributed by atoms with E-state index in [0.717, 1.165) is 11.1 Å². The van der Waals surface area contributed by atoms with Gasteiger partial charge in [0.15, 0.2) is 0 Å². The number of rotatable bonds is 6. The van der Waals surface area contributed by atoms with Crippen LogP contribution in [0.4, 0.5) is 0 Å². The number of hydrogen-bond donors (Lipinski definition) is 1. The number of hydrogen-bond acceptors (Lipinski definition) is 5. The van der Waals surface area contributed by atoms with E-state index in [9.17, 15) is 14.7 Å². The van der Waals surface area contributed by atoms with Gasteiger partial charge in [-0.3, -0.25) is 4.79 Å². The molecule has 0 spiro atoms. The number of phenols is 1. The number of carbonyl (C=O) groups is 2. The molecule has 1 N–H and O–H groups in total. The second-order valence-electron chi connectivity index (χ2n) is 5.02. The molecular weight excluding hydrogens is 550 g/mol. The maximum atomic E-state index is 11.8. The molecule has 7 heteroatoms. The molecule has 0 aromatic heterocycles. The Balaban J connectivity index is 2.20. The van der Waals surface area contributed by atoms with Gasteiger partial charge in [0.05, 0.1) is 0 Å². The first kappa shape index (κ1) is 19.7. The molecule has 0 amide bonds. The van der Waals surface area contributed by atoms with E-state index in [1.807, 2.05) is 0 Å². The third-order valence-corrected chi connectivity index (χ3v) is 7.43. The first-order chi connectivity index (χ1) is 11.9. The molecule has 2 aromatic rings. The van der Waals surface area contributed by atoms with Crippen LogP contribution in [0.5, 0.6) is 11.5 Å². The normalized spacial score (nSPS) is 10.3. The van der Waals surface area contributed by atoms with Crippen LogP contribution in [-0.2, 0) is 20.9 Å². The minimum atomic E-state index is -0.450. The quantitative estimate of drug-likeness (QED) is 0.245. The monoisotopic (exact) mass is 565 g/mol. The van der Waals surface area contributed by atoms with E-state index in [1.54, 1.807) is 30.3 Å². The van der Waals surface area contributed by atoms with E-state index in [-0.39, 0.29) is 18.3 Å². The third kappa shape index (κ3) is 5.70. The van der Waals surface area contributed by atoms with Crippen molar-refractivity contribution in [3.05, 3.63) is 58.2 Å². The molecular formula is C18H15I2O5-. The predicted octanol–water partition coefficient (Wildman–Crippen LogP) is 0.980. The van der Waals surface area contributed by atoms with E-state index in [1.165, 1.54) is 19.1 Å². The average Bonchev–Trinajstić information content (AvgIpc) is 2.61. The van der Waals surface area contributed by atoms with E-state index in [2.05, 4.69) is 25.2 Å². The molecule has 0 aliphatic heterocycles. The van der Waals surface area contributed by atoms with Crippen LogP contribution in [0, 0.1) is 0 Å². The van der Waals surface area contributed by atoms with Crippen LogP contribution in [0.25, 0.3) is 11.1 Å².